The number of aryl methyl sites for hydroxylation is 1. The van der Waals surface area contributed by atoms with Crippen molar-refractivity contribution in [2.24, 2.45) is 5.92 Å². The van der Waals surface area contributed by atoms with Gasteiger partial charge in [-0.25, -0.2) is 9.59 Å². The molecule has 0 bridgehead atoms. The molecule has 1 N–H and O–H groups in total. The zero-order valence-electron chi connectivity index (χ0n) is 25.6. The van der Waals surface area contributed by atoms with Crippen LogP contribution >= 0.6 is 0 Å². The van der Waals surface area contributed by atoms with Gasteiger partial charge >= 0.3 is 12.1 Å². The van der Waals surface area contributed by atoms with Crippen molar-refractivity contribution in [1.29, 1.82) is 0 Å². The average Bonchev–Trinajstić information content (AvgIpc) is 3.69. The van der Waals surface area contributed by atoms with Crippen molar-refractivity contribution < 1.29 is 28.9 Å². The van der Waals surface area contributed by atoms with Gasteiger partial charge in [-0.05, 0) is 102 Å². The van der Waals surface area contributed by atoms with E-state index in [4.69, 9.17) is 14.2 Å². The SMILES string of the molecule is COC(=O)c1ccc([C@H](C)N(CCC(C)(O)C2CC2)Cc2c(OC)cc(C)c3c2ccn3C(=O)OC(C)(C)C)cc1. The summed E-state index contributed by atoms with van der Waals surface area (Å²) in [5.74, 6) is 0.703. The van der Waals surface area contributed by atoms with Crippen LogP contribution < -0.4 is 4.74 Å². The van der Waals surface area contributed by atoms with Crippen molar-refractivity contribution in [2.75, 3.05) is 20.8 Å². The summed E-state index contributed by atoms with van der Waals surface area (Å²) < 4.78 is 18.0. The molecule has 0 spiro atoms. The molecule has 1 aliphatic rings. The van der Waals surface area contributed by atoms with E-state index in [1.807, 2.05) is 58.9 Å². The second kappa shape index (κ2) is 11.9. The molecule has 41 heavy (non-hydrogen) atoms. The summed E-state index contributed by atoms with van der Waals surface area (Å²) in [6, 6.07) is 11.3. The summed E-state index contributed by atoms with van der Waals surface area (Å²) >= 11 is 0. The first-order valence-corrected chi connectivity index (χ1v) is 14.3. The third kappa shape index (κ3) is 6.93. The zero-order chi connectivity index (χ0) is 30.1. The lowest BCUT2D eigenvalue weighted by Crippen LogP contribution is -2.35. The molecular weight excluding hydrogens is 520 g/mol. The Bertz CT molecular complexity index is 1400. The number of ether oxygens (including phenoxy) is 3. The highest BCUT2D eigenvalue weighted by Gasteiger charge is 2.40. The minimum Gasteiger partial charge on any atom is -0.496 e. The Labute approximate surface area is 243 Å². The Morgan fingerprint density at radius 3 is 2.32 bits per heavy atom. The maximum absolute atomic E-state index is 13.1. The van der Waals surface area contributed by atoms with Crippen LogP contribution in [0.15, 0.2) is 42.6 Å². The molecule has 0 saturated heterocycles. The van der Waals surface area contributed by atoms with Crippen LogP contribution in [0.2, 0.25) is 0 Å². The van der Waals surface area contributed by atoms with Crippen LogP contribution in [0.5, 0.6) is 5.75 Å². The first-order valence-electron chi connectivity index (χ1n) is 14.3. The number of hydrogen-bond acceptors (Lipinski definition) is 7. The number of carbonyl (C=O) groups is 2. The van der Waals surface area contributed by atoms with Crippen molar-refractivity contribution in [3.63, 3.8) is 0 Å². The van der Waals surface area contributed by atoms with Gasteiger partial charge in [-0.3, -0.25) is 9.47 Å². The Balaban J connectivity index is 1.73. The highest BCUT2D eigenvalue weighted by atomic mass is 16.6. The minimum absolute atomic E-state index is 0.0364. The summed E-state index contributed by atoms with van der Waals surface area (Å²) in [5.41, 5.74) is 2.83. The Morgan fingerprint density at radius 1 is 1.10 bits per heavy atom. The maximum atomic E-state index is 13.1. The van der Waals surface area contributed by atoms with Crippen LogP contribution in [0.1, 0.15) is 87.0 Å². The van der Waals surface area contributed by atoms with Crippen molar-refractivity contribution in [3.8, 4) is 5.75 Å². The van der Waals surface area contributed by atoms with Crippen LogP contribution in [0.4, 0.5) is 4.79 Å². The zero-order valence-corrected chi connectivity index (χ0v) is 25.6. The smallest absolute Gasteiger partial charge is 0.419 e. The molecule has 1 fully saturated rings. The fourth-order valence-corrected chi connectivity index (χ4v) is 5.49. The monoisotopic (exact) mass is 564 g/mol. The summed E-state index contributed by atoms with van der Waals surface area (Å²) in [6.07, 6.45) is 4.07. The molecule has 1 unspecified atom stereocenters. The number of esters is 1. The second-order valence-electron chi connectivity index (χ2n) is 12.4. The van der Waals surface area contributed by atoms with E-state index in [0.717, 1.165) is 46.2 Å². The fraction of sp³-hybridized carbons (Fsp3) is 0.515. The van der Waals surface area contributed by atoms with E-state index in [1.165, 1.54) is 7.11 Å². The highest BCUT2D eigenvalue weighted by Crippen LogP contribution is 2.42. The molecule has 0 radical (unpaired) electrons. The van der Waals surface area contributed by atoms with E-state index in [0.29, 0.717) is 31.0 Å². The van der Waals surface area contributed by atoms with Gasteiger partial charge in [0.15, 0.2) is 0 Å². The van der Waals surface area contributed by atoms with Crippen LogP contribution in [-0.2, 0) is 16.0 Å². The predicted molar refractivity (Wildman–Crippen MR) is 159 cm³/mol. The molecule has 1 aromatic heterocycles. The molecule has 8 nitrogen and oxygen atoms in total. The number of aromatic nitrogens is 1. The number of aliphatic hydroxyl groups is 1. The number of fused-ring (bicyclic) bond motifs is 1. The Morgan fingerprint density at radius 2 is 1.76 bits per heavy atom. The topological polar surface area (TPSA) is 90.2 Å². The van der Waals surface area contributed by atoms with Gasteiger partial charge in [-0.2, -0.15) is 0 Å². The first-order chi connectivity index (χ1) is 19.3. The average molecular weight is 565 g/mol. The number of benzene rings is 2. The number of nitrogens with zero attached hydrogens (tertiary/aromatic N) is 2. The Kier molecular flexibility index (Phi) is 8.85. The molecule has 3 aromatic rings. The third-order valence-corrected chi connectivity index (χ3v) is 8.13. The number of rotatable bonds is 10. The van der Waals surface area contributed by atoms with E-state index in [-0.39, 0.29) is 12.0 Å². The molecule has 0 aliphatic heterocycles. The fourth-order valence-electron chi connectivity index (χ4n) is 5.49. The van der Waals surface area contributed by atoms with Gasteiger partial charge in [0.2, 0.25) is 0 Å². The molecule has 222 valence electrons. The summed E-state index contributed by atoms with van der Waals surface area (Å²) in [4.78, 5) is 27.4. The van der Waals surface area contributed by atoms with Crippen molar-refractivity contribution in [1.82, 2.24) is 9.47 Å². The summed E-state index contributed by atoms with van der Waals surface area (Å²) in [6.45, 7) is 12.8. The molecule has 1 saturated carbocycles. The van der Waals surface area contributed by atoms with Gasteiger partial charge in [0.1, 0.15) is 11.4 Å². The van der Waals surface area contributed by atoms with Gasteiger partial charge in [-0.15, -0.1) is 0 Å². The van der Waals surface area contributed by atoms with E-state index in [9.17, 15) is 14.7 Å². The minimum atomic E-state index is -0.737. The van der Waals surface area contributed by atoms with Crippen LogP contribution in [0, 0.1) is 12.8 Å². The first kappa shape index (κ1) is 30.6. The molecule has 0 amide bonds. The van der Waals surface area contributed by atoms with Crippen molar-refractivity contribution in [3.05, 3.63) is 64.8 Å². The van der Waals surface area contributed by atoms with Crippen molar-refractivity contribution >= 4 is 23.0 Å². The lowest BCUT2D eigenvalue weighted by atomic mass is 9.94. The maximum Gasteiger partial charge on any atom is 0.419 e. The number of hydrogen-bond donors (Lipinski definition) is 1. The molecule has 2 aromatic carbocycles. The predicted octanol–water partition coefficient (Wildman–Crippen LogP) is 6.64. The highest BCUT2D eigenvalue weighted by molar-refractivity contribution is 5.95. The van der Waals surface area contributed by atoms with Gasteiger partial charge in [0.25, 0.3) is 0 Å². The van der Waals surface area contributed by atoms with E-state index in [1.54, 1.807) is 30.0 Å². The lowest BCUT2D eigenvalue weighted by Gasteiger charge is -2.33. The second-order valence-corrected chi connectivity index (χ2v) is 12.4. The lowest BCUT2D eigenvalue weighted by molar-refractivity contribution is 0.0130. The van der Waals surface area contributed by atoms with Gasteiger partial charge in [0.05, 0.1) is 30.9 Å². The van der Waals surface area contributed by atoms with Gasteiger partial charge in [-0.1, -0.05) is 12.1 Å². The van der Waals surface area contributed by atoms with Crippen molar-refractivity contribution in [2.45, 2.75) is 84.6 Å². The van der Waals surface area contributed by atoms with Gasteiger partial charge < -0.3 is 19.3 Å². The largest absolute Gasteiger partial charge is 0.496 e. The molecule has 2 atom stereocenters. The third-order valence-electron chi connectivity index (χ3n) is 8.13. The number of methoxy groups -OCH3 is 2. The molecule has 8 heteroatoms. The van der Waals surface area contributed by atoms with Crippen LogP contribution in [0.25, 0.3) is 10.9 Å². The molecule has 4 rings (SSSR count). The molecule has 1 aliphatic carbocycles. The van der Waals surface area contributed by atoms with Crippen LogP contribution in [0.3, 0.4) is 0 Å². The van der Waals surface area contributed by atoms with Gasteiger partial charge in [0, 0.05) is 36.3 Å². The normalized spacial score (nSPS) is 16.0. The van der Waals surface area contributed by atoms with E-state index < -0.39 is 17.3 Å². The van der Waals surface area contributed by atoms with Crippen LogP contribution in [-0.4, -0.2) is 58.6 Å². The number of carbonyl (C=O) groups excluding carboxylic acids is 2. The van der Waals surface area contributed by atoms with E-state index >= 15 is 0 Å². The van der Waals surface area contributed by atoms with E-state index in [2.05, 4.69) is 11.8 Å². The molecule has 1 heterocycles. The quantitative estimate of drug-likeness (QED) is 0.276. The standard InChI is InChI=1S/C33H44N2O6/c1-21-19-28(39-7)27(26-15-17-35(29(21)26)31(37)41-32(3,4)5)20-34(18-16-33(6,38)25-13-14-25)22(2)23-9-11-24(12-10-23)30(36)40-8/h9-12,15,17,19,22,25,38H,13-14,16,18,20H2,1-8H3/t22-,33?/m0/s1. The summed E-state index contributed by atoms with van der Waals surface area (Å²) in [5, 5.41) is 12.1. The summed E-state index contributed by atoms with van der Waals surface area (Å²) in [7, 11) is 3.03. The Hall–Kier alpha value is -3.36. The molecular formula is C33H44N2O6.